The Morgan fingerprint density at radius 2 is 2.08 bits per heavy atom. The number of hydrogen-bond donors (Lipinski definition) is 1. The molecule has 0 saturated carbocycles. The van der Waals surface area contributed by atoms with Crippen LogP contribution in [0.25, 0.3) is 0 Å². The Morgan fingerprint density at radius 3 is 2.67 bits per heavy atom. The van der Waals surface area contributed by atoms with Crippen LogP contribution < -0.4 is 10.1 Å². The van der Waals surface area contributed by atoms with Crippen LogP contribution in [0.1, 0.15) is 30.8 Å². The third-order valence-corrected chi connectivity index (χ3v) is 4.14. The van der Waals surface area contributed by atoms with Gasteiger partial charge in [0, 0.05) is 23.5 Å². The Labute approximate surface area is 148 Å². The predicted molar refractivity (Wildman–Crippen MR) is 96.9 cm³/mol. The van der Waals surface area contributed by atoms with Gasteiger partial charge in [-0.3, -0.25) is 9.48 Å². The number of benzene rings is 1. The Hall–Kier alpha value is -2.01. The number of hydrogen-bond acceptors (Lipinski definition) is 3. The molecule has 0 aliphatic rings. The lowest BCUT2D eigenvalue weighted by Gasteiger charge is -2.09. The molecule has 0 bridgehead atoms. The van der Waals surface area contributed by atoms with Gasteiger partial charge in [-0.2, -0.15) is 5.10 Å². The van der Waals surface area contributed by atoms with Crippen molar-refractivity contribution in [3.8, 4) is 5.75 Å². The average Bonchev–Trinajstić information content (AvgIpc) is 2.74. The fourth-order valence-corrected chi connectivity index (χ4v) is 2.88. The summed E-state index contributed by atoms with van der Waals surface area (Å²) in [6.45, 7) is 9.10. The van der Waals surface area contributed by atoms with Crippen molar-refractivity contribution in [1.29, 1.82) is 0 Å². The normalized spacial score (nSPS) is 11.0. The molecule has 1 heterocycles. The van der Waals surface area contributed by atoms with E-state index in [-0.39, 0.29) is 5.91 Å². The van der Waals surface area contributed by atoms with Crippen LogP contribution in [0, 0.1) is 19.8 Å². The van der Waals surface area contributed by atoms with E-state index in [1.54, 1.807) is 25.3 Å². The van der Waals surface area contributed by atoms with Crippen LogP contribution in [-0.4, -0.2) is 22.8 Å². The lowest BCUT2D eigenvalue weighted by atomic mass is 10.1. The van der Waals surface area contributed by atoms with Crippen LogP contribution in [0.5, 0.6) is 5.75 Å². The molecule has 130 valence electrons. The number of carbonyl (C=O) groups is 1. The van der Waals surface area contributed by atoms with E-state index < -0.39 is 0 Å². The summed E-state index contributed by atoms with van der Waals surface area (Å²) in [7, 11) is 1.56. The topological polar surface area (TPSA) is 56.1 Å². The highest BCUT2D eigenvalue weighted by Crippen LogP contribution is 2.27. The smallest absolute Gasteiger partial charge is 0.228 e. The van der Waals surface area contributed by atoms with E-state index in [1.807, 2.05) is 18.5 Å². The van der Waals surface area contributed by atoms with Crippen LogP contribution in [-0.2, 0) is 17.8 Å². The van der Waals surface area contributed by atoms with Gasteiger partial charge in [0.2, 0.25) is 5.91 Å². The molecule has 0 fully saturated rings. The third-order valence-electron chi connectivity index (χ3n) is 3.84. The Balaban J connectivity index is 2.10. The maximum Gasteiger partial charge on any atom is 0.228 e. The fourth-order valence-electron chi connectivity index (χ4n) is 2.62. The number of nitrogens with zero attached hydrogens (tertiary/aromatic N) is 2. The van der Waals surface area contributed by atoms with Crippen molar-refractivity contribution in [2.24, 2.45) is 5.92 Å². The lowest BCUT2D eigenvalue weighted by molar-refractivity contribution is -0.115. The molecule has 1 aromatic carbocycles. The lowest BCUT2D eigenvalue weighted by Crippen LogP contribution is -2.15. The van der Waals surface area contributed by atoms with Gasteiger partial charge in [0.05, 0.1) is 24.2 Å². The minimum Gasteiger partial charge on any atom is -0.495 e. The van der Waals surface area contributed by atoms with Gasteiger partial charge in [-0.05, 0) is 38.0 Å². The number of amides is 1. The molecular weight excluding hydrogens is 326 g/mol. The van der Waals surface area contributed by atoms with Crippen molar-refractivity contribution >= 4 is 23.2 Å². The van der Waals surface area contributed by atoms with Gasteiger partial charge >= 0.3 is 0 Å². The molecule has 0 aliphatic heterocycles. The SMILES string of the molecule is COc1ccc(NC(=O)Cc2c(C)nn(CC(C)C)c2C)cc1Cl. The Bertz CT molecular complexity index is 738. The van der Waals surface area contributed by atoms with Crippen LogP contribution in [0.3, 0.4) is 0 Å². The number of halogens is 1. The van der Waals surface area contributed by atoms with Crippen LogP contribution in [0.4, 0.5) is 5.69 Å². The molecule has 24 heavy (non-hydrogen) atoms. The second-order valence-corrected chi connectivity index (χ2v) is 6.71. The van der Waals surface area contributed by atoms with Crippen molar-refractivity contribution in [2.75, 3.05) is 12.4 Å². The standard InChI is InChI=1S/C18H24ClN3O2/c1-11(2)10-22-13(4)15(12(3)21-22)9-18(23)20-14-6-7-17(24-5)16(19)8-14/h6-8,11H,9-10H2,1-5H3,(H,20,23). The van der Waals surface area contributed by atoms with Gasteiger partial charge in [0.1, 0.15) is 5.75 Å². The maximum absolute atomic E-state index is 12.4. The number of aryl methyl sites for hydroxylation is 1. The van der Waals surface area contributed by atoms with E-state index in [0.717, 1.165) is 23.5 Å². The van der Waals surface area contributed by atoms with Gasteiger partial charge in [-0.25, -0.2) is 0 Å². The highest BCUT2D eigenvalue weighted by molar-refractivity contribution is 6.32. The van der Waals surface area contributed by atoms with E-state index in [9.17, 15) is 4.79 Å². The summed E-state index contributed by atoms with van der Waals surface area (Å²) in [6, 6.07) is 5.18. The summed E-state index contributed by atoms with van der Waals surface area (Å²) in [5.74, 6) is 0.994. The first kappa shape index (κ1) is 18.3. The Kier molecular flexibility index (Phi) is 5.89. The summed E-state index contributed by atoms with van der Waals surface area (Å²) < 4.78 is 7.09. The van der Waals surface area contributed by atoms with Crippen molar-refractivity contribution in [3.05, 3.63) is 40.2 Å². The van der Waals surface area contributed by atoms with Crippen LogP contribution in [0.2, 0.25) is 5.02 Å². The number of rotatable bonds is 6. The number of ether oxygens (including phenoxy) is 1. The van der Waals surface area contributed by atoms with Gasteiger partial charge < -0.3 is 10.1 Å². The second kappa shape index (κ2) is 7.71. The molecule has 1 N–H and O–H groups in total. The number of aromatic nitrogens is 2. The molecule has 0 radical (unpaired) electrons. The van der Waals surface area contributed by atoms with E-state index in [1.165, 1.54) is 0 Å². The van der Waals surface area contributed by atoms with E-state index >= 15 is 0 Å². The summed E-state index contributed by atoms with van der Waals surface area (Å²) in [5, 5.41) is 7.88. The first-order valence-corrected chi connectivity index (χ1v) is 8.35. The largest absolute Gasteiger partial charge is 0.495 e. The van der Waals surface area contributed by atoms with E-state index in [4.69, 9.17) is 16.3 Å². The molecule has 6 heteroatoms. The van der Waals surface area contributed by atoms with Crippen LogP contribution in [0.15, 0.2) is 18.2 Å². The van der Waals surface area contributed by atoms with Gasteiger partial charge in [0.25, 0.3) is 0 Å². The molecule has 2 aromatic rings. The molecule has 5 nitrogen and oxygen atoms in total. The van der Waals surface area contributed by atoms with Gasteiger partial charge in [-0.1, -0.05) is 25.4 Å². The average molecular weight is 350 g/mol. The van der Waals surface area contributed by atoms with E-state index in [0.29, 0.717) is 28.8 Å². The first-order chi connectivity index (χ1) is 11.3. The van der Waals surface area contributed by atoms with E-state index in [2.05, 4.69) is 24.3 Å². The number of carbonyl (C=O) groups excluding carboxylic acids is 1. The quantitative estimate of drug-likeness (QED) is 0.857. The van der Waals surface area contributed by atoms with Crippen molar-refractivity contribution in [3.63, 3.8) is 0 Å². The highest BCUT2D eigenvalue weighted by atomic mass is 35.5. The summed E-state index contributed by atoms with van der Waals surface area (Å²) >= 11 is 6.09. The van der Waals surface area contributed by atoms with Crippen molar-refractivity contribution in [2.45, 2.75) is 40.7 Å². The van der Waals surface area contributed by atoms with Gasteiger partial charge in [-0.15, -0.1) is 0 Å². The zero-order valence-corrected chi connectivity index (χ0v) is 15.6. The second-order valence-electron chi connectivity index (χ2n) is 6.30. The molecule has 0 aliphatic carbocycles. The zero-order valence-electron chi connectivity index (χ0n) is 14.8. The number of methoxy groups -OCH3 is 1. The minimum atomic E-state index is -0.0912. The van der Waals surface area contributed by atoms with Crippen molar-refractivity contribution in [1.82, 2.24) is 9.78 Å². The molecule has 1 amide bonds. The van der Waals surface area contributed by atoms with Crippen LogP contribution >= 0.6 is 11.6 Å². The minimum absolute atomic E-state index is 0.0912. The molecule has 1 aromatic heterocycles. The van der Waals surface area contributed by atoms with Gasteiger partial charge in [0.15, 0.2) is 0 Å². The highest BCUT2D eigenvalue weighted by Gasteiger charge is 2.16. The Morgan fingerprint density at radius 1 is 1.38 bits per heavy atom. The maximum atomic E-state index is 12.4. The summed E-state index contributed by atoms with van der Waals surface area (Å²) in [4.78, 5) is 12.4. The number of nitrogens with one attached hydrogen (secondary N) is 1. The monoisotopic (exact) mass is 349 g/mol. The molecular formula is C18H24ClN3O2. The predicted octanol–water partition coefficient (Wildman–Crippen LogP) is 4.00. The molecule has 0 saturated heterocycles. The molecule has 0 atom stereocenters. The third kappa shape index (κ3) is 4.29. The molecule has 2 rings (SSSR count). The number of anilines is 1. The first-order valence-electron chi connectivity index (χ1n) is 7.98. The summed E-state index contributed by atoms with van der Waals surface area (Å²) in [6.07, 6.45) is 0.291. The summed E-state index contributed by atoms with van der Waals surface area (Å²) in [5.41, 5.74) is 3.57. The molecule has 0 unspecified atom stereocenters. The molecule has 0 spiro atoms. The zero-order chi connectivity index (χ0) is 17.9. The fraction of sp³-hybridized carbons (Fsp3) is 0.444. The van der Waals surface area contributed by atoms with Crippen molar-refractivity contribution < 1.29 is 9.53 Å².